The molecular weight excluding hydrogens is 406 g/mol. The summed E-state index contributed by atoms with van der Waals surface area (Å²) < 4.78 is 27.0. The van der Waals surface area contributed by atoms with Crippen LogP contribution in [0.4, 0.5) is 8.78 Å². The predicted molar refractivity (Wildman–Crippen MR) is 117 cm³/mol. The van der Waals surface area contributed by atoms with Crippen LogP contribution in [0.1, 0.15) is 31.9 Å². The van der Waals surface area contributed by atoms with Crippen LogP contribution < -0.4 is 5.32 Å². The molecule has 1 N–H and O–H groups in total. The second-order valence-electron chi connectivity index (χ2n) is 7.55. The molecule has 0 radical (unpaired) electrons. The standard InChI is InChI=1S/C23H28F2N2O2S/c1-16(2)12-26-23(29)17(3)27(13-18-8-10-20(24)11-9-18)22(28)15-30-14-19-6-4-5-7-21(19)25/h4-11,16-17H,12-15H2,1-3H3,(H,26,29). The molecule has 2 aromatic rings. The molecule has 2 aromatic carbocycles. The summed E-state index contributed by atoms with van der Waals surface area (Å²) in [5.41, 5.74) is 1.26. The van der Waals surface area contributed by atoms with Gasteiger partial charge in [0.2, 0.25) is 11.8 Å². The summed E-state index contributed by atoms with van der Waals surface area (Å²) >= 11 is 1.29. The van der Waals surface area contributed by atoms with Crippen molar-refractivity contribution >= 4 is 23.6 Å². The van der Waals surface area contributed by atoms with Crippen molar-refractivity contribution in [1.29, 1.82) is 0 Å². The molecule has 0 saturated carbocycles. The number of hydrogen-bond donors (Lipinski definition) is 1. The Morgan fingerprint density at radius 3 is 2.33 bits per heavy atom. The summed E-state index contributed by atoms with van der Waals surface area (Å²) in [6.45, 7) is 6.37. The number of nitrogens with one attached hydrogen (secondary N) is 1. The van der Waals surface area contributed by atoms with Crippen LogP contribution in [-0.2, 0) is 21.9 Å². The summed E-state index contributed by atoms with van der Waals surface area (Å²) in [7, 11) is 0. The monoisotopic (exact) mass is 434 g/mol. The average molecular weight is 435 g/mol. The Morgan fingerprint density at radius 1 is 1.03 bits per heavy atom. The molecule has 0 spiro atoms. The summed E-state index contributed by atoms with van der Waals surface area (Å²) in [4.78, 5) is 27.0. The van der Waals surface area contributed by atoms with E-state index in [0.717, 1.165) is 5.56 Å². The third kappa shape index (κ3) is 7.44. The molecule has 0 fully saturated rings. The highest BCUT2D eigenvalue weighted by atomic mass is 32.2. The smallest absolute Gasteiger partial charge is 0.242 e. The number of hydrogen-bond acceptors (Lipinski definition) is 3. The number of thioether (sulfide) groups is 1. The molecule has 0 heterocycles. The van der Waals surface area contributed by atoms with Gasteiger partial charge in [-0.1, -0.05) is 44.2 Å². The summed E-state index contributed by atoms with van der Waals surface area (Å²) in [6.07, 6.45) is 0. The summed E-state index contributed by atoms with van der Waals surface area (Å²) in [6, 6.07) is 11.6. The Bertz CT molecular complexity index is 843. The molecule has 0 bridgehead atoms. The van der Waals surface area contributed by atoms with Crippen molar-refractivity contribution in [3.8, 4) is 0 Å². The van der Waals surface area contributed by atoms with Gasteiger partial charge in [0.15, 0.2) is 0 Å². The number of nitrogens with zero attached hydrogens (tertiary/aromatic N) is 1. The third-order valence-corrected chi connectivity index (χ3v) is 5.53. The van der Waals surface area contributed by atoms with Gasteiger partial charge in [0.05, 0.1) is 5.75 Å². The van der Waals surface area contributed by atoms with Crippen LogP contribution in [0.3, 0.4) is 0 Å². The first-order valence-corrected chi connectivity index (χ1v) is 11.1. The van der Waals surface area contributed by atoms with Crippen LogP contribution in [0.2, 0.25) is 0 Å². The van der Waals surface area contributed by atoms with E-state index in [1.807, 2.05) is 13.8 Å². The van der Waals surface area contributed by atoms with Crippen LogP contribution in [0.15, 0.2) is 48.5 Å². The number of halogens is 2. The molecule has 0 aromatic heterocycles. The molecule has 0 aliphatic carbocycles. The van der Waals surface area contributed by atoms with E-state index in [9.17, 15) is 18.4 Å². The minimum Gasteiger partial charge on any atom is -0.354 e. The molecule has 7 heteroatoms. The molecule has 0 aliphatic heterocycles. The highest BCUT2D eigenvalue weighted by molar-refractivity contribution is 7.99. The second-order valence-corrected chi connectivity index (χ2v) is 8.53. The summed E-state index contributed by atoms with van der Waals surface area (Å²) in [5.74, 6) is -0.375. The van der Waals surface area contributed by atoms with E-state index >= 15 is 0 Å². The number of rotatable bonds is 10. The zero-order valence-electron chi connectivity index (χ0n) is 17.5. The lowest BCUT2D eigenvalue weighted by Crippen LogP contribution is -2.48. The minimum absolute atomic E-state index is 0.108. The van der Waals surface area contributed by atoms with Gasteiger partial charge in [0, 0.05) is 18.8 Å². The van der Waals surface area contributed by atoms with Crippen molar-refractivity contribution in [2.45, 2.75) is 39.1 Å². The van der Waals surface area contributed by atoms with Gasteiger partial charge in [-0.05, 0) is 42.2 Å². The topological polar surface area (TPSA) is 49.4 Å². The van der Waals surface area contributed by atoms with Crippen molar-refractivity contribution in [2.24, 2.45) is 5.92 Å². The number of carbonyl (C=O) groups is 2. The van der Waals surface area contributed by atoms with Crippen LogP contribution in [0, 0.1) is 17.6 Å². The van der Waals surface area contributed by atoms with E-state index in [4.69, 9.17) is 0 Å². The fourth-order valence-corrected chi connectivity index (χ4v) is 3.66. The van der Waals surface area contributed by atoms with Gasteiger partial charge in [-0.25, -0.2) is 8.78 Å². The van der Waals surface area contributed by atoms with Crippen LogP contribution in [0.5, 0.6) is 0 Å². The fourth-order valence-electron chi connectivity index (χ4n) is 2.77. The summed E-state index contributed by atoms with van der Waals surface area (Å²) in [5, 5.41) is 2.85. The van der Waals surface area contributed by atoms with Crippen LogP contribution in [-0.4, -0.2) is 35.1 Å². The maximum absolute atomic E-state index is 13.8. The van der Waals surface area contributed by atoms with Crippen molar-refractivity contribution < 1.29 is 18.4 Å². The molecule has 0 saturated heterocycles. The SMILES string of the molecule is CC(C)CNC(=O)C(C)N(Cc1ccc(F)cc1)C(=O)CSCc1ccccc1F. The molecule has 162 valence electrons. The Kier molecular flexibility index (Phi) is 9.30. The van der Waals surface area contributed by atoms with Gasteiger partial charge < -0.3 is 10.2 Å². The van der Waals surface area contributed by atoms with E-state index in [2.05, 4.69) is 5.32 Å². The average Bonchev–Trinajstić information content (AvgIpc) is 2.72. The molecule has 0 aliphatic rings. The van der Waals surface area contributed by atoms with Crippen LogP contribution in [0.25, 0.3) is 0 Å². The Morgan fingerprint density at radius 2 is 1.70 bits per heavy atom. The number of amides is 2. The largest absolute Gasteiger partial charge is 0.354 e. The lowest BCUT2D eigenvalue weighted by Gasteiger charge is -2.29. The molecular formula is C23H28F2N2O2S. The highest BCUT2D eigenvalue weighted by Gasteiger charge is 2.26. The first-order valence-electron chi connectivity index (χ1n) is 9.90. The van der Waals surface area contributed by atoms with Crippen LogP contribution >= 0.6 is 11.8 Å². The second kappa shape index (κ2) is 11.7. The Hall–Kier alpha value is -2.41. The first kappa shape index (κ1) is 23.9. The Labute approximate surface area is 181 Å². The van der Waals surface area contributed by atoms with E-state index in [1.54, 1.807) is 37.3 Å². The third-order valence-electron chi connectivity index (χ3n) is 4.56. The van der Waals surface area contributed by atoms with Gasteiger partial charge in [-0.15, -0.1) is 11.8 Å². The molecule has 4 nitrogen and oxygen atoms in total. The first-order chi connectivity index (χ1) is 14.3. The maximum atomic E-state index is 13.8. The zero-order chi connectivity index (χ0) is 22.1. The highest BCUT2D eigenvalue weighted by Crippen LogP contribution is 2.18. The molecule has 1 unspecified atom stereocenters. The van der Waals surface area contributed by atoms with E-state index in [0.29, 0.717) is 23.8 Å². The molecule has 2 rings (SSSR count). The van der Waals surface area contributed by atoms with E-state index in [-0.39, 0.29) is 35.7 Å². The fraction of sp³-hybridized carbons (Fsp3) is 0.391. The number of carbonyl (C=O) groups excluding carboxylic acids is 2. The van der Waals surface area contributed by atoms with Gasteiger partial charge in [-0.3, -0.25) is 9.59 Å². The predicted octanol–water partition coefficient (Wildman–Crippen LogP) is 4.39. The van der Waals surface area contributed by atoms with Crippen molar-refractivity contribution in [2.75, 3.05) is 12.3 Å². The molecule has 1 atom stereocenters. The zero-order valence-corrected chi connectivity index (χ0v) is 18.3. The lowest BCUT2D eigenvalue weighted by atomic mass is 10.1. The molecule has 2 amide bonds. The van der Waals surface area contributed by atoms with E-state index in [1.165, 1.54) is 34.9 Å². The minimum atomic E-state index is -0.685. The van der Waals surface area contributed by atoms with Crippen molar-refractivity contribution in [3.63, 3.8) is 0 Å². The van der Waals surface area contributed by atoms with Gasteiger partial charge >= 0.3 is 0 Å². The number of benzene rings is 2. The van der Waals surface area contributed by atoms with Gasteiger partial charge in [0.25, 0.3) is 0 Å². The van der Waals surface area contributed by atoms with Crippen molar-refractivity contribution in [1.82, 2.24) is 10.2 Å². The maximum Gasteiger partial charge on any atom is 0.242 e. The van der Waals surface area contributed by atoms with E-state index < -0.39 is 6.04 Å². The quantitative estimate of drug-likeness (QED) is 0.604. The Balaban J connectivity index is 2.06. The lowest BCUT2D eigenvalue weighted by molar-refractivity contribution is -0.138. The molecule has 30 heavy (non-hydrogen) atoms. The normalized spacial score (nSPS) is 11.9. The van der Waals surface area contributed by atoms with Gasteiger partial charge in [-0.2, -0.15) is 0 Å². The van der Waals surface area contributed by atoms with Crippen molar-refractivity contribution in [3.05, 3.63) is 71.3 Å². The van der Waals surface area contributed by atoms with Gasteiger partial charge in [0.1, 0.15) is 17.7 Å².